The first-order valence-electron chi connectivity index (χ1n) is 9.45. The molecule has 0 saturated heterocycles. The maximum atomic E-state index is 12.6. The highest BCUT2D eigenvalue weighted by molar-refractivity contribution is 6.04. The Bertz CT molecular complexity index is 1270. The minimum atomic E-state index is -0.753. The lowest BCUT2D eigenvalue weighted by Crippen LogP contribution is -2.33. The molecule has 0 aliphatic carbocycles. The molecule has 4 rings (SSSR count). The van der Waals surface area contributed by atoms with Crippen molar-refractivity contribution in [2.45, 2.75) is 26.3 Å². The van der Waals surface area contributed by atoms with Crippen LogP contribution in [0.1, 0.15) is 36.1 Å². The van der Waals surface area contributed by atoms with Crippen molar-refractivity contribution >= 4 is 11.6 Å². The first-order valence-corrected chi connectivity index (χ1v) is 9.45. The third kappa shape index (κ3) is 3.22. The Morgan fingerprint density at radius 3 is 2.43 bits per heavy atom. The van der Waals surface area contributed by atoms with Gasteiger partial charge in [0.1, 0.15) is 5.56 Å². The molecule has 0 radical (unpaired) electrons. The number of H-pyrrole nitrogens is 1. The first kappa shape index (κ1) is 19.4. The Labute approximate surface area is 171 Å². The Morgan fingerprint density at radius 2 is 1.77 bits per heavy atom. The van der Waals surface area contributed by atoms with E-state index < -0.39 is 23.2 Å². The summed E-state index contributed by atoms with van der Waals surface area (Å²) < 4.78 is 1.04. The second-order valence-corrected chi connectivity index (χ2v) is 7.12. The predicted octanol–water partition coefficient (Wildman–Crippen LogP) is 2.24. The highest BCUT2D eigenvalue weighted by Crippen LogP contribution is 2.33. The standard InChI is InChI=1S/C22H20N4O4/c1-13-8-6-7-11-17(13)25-21(29)19(20(28)23-22(25)30)16-12-18(26(24-16)14(2)27)15-9-4-3-5-10-15/h3-11,18,29H,12H2,1-2H3,(H,23,28,30). The molecule has 8 heteroatoms. The van der Waals surface area contributed by atoms with Gasteiger partial charge in [0.2, 0.25) is 11.8 Å². The summed E-state index contributed by atoms with van der Waals surface area (Å²) in [5.74, 6) is -0.795. The minimum absolute atomic E-state index is 0.123. The van der Waals surface area contributed by atoms with Crippen molar-refractivity contribution in [1.82, 2.24) is 14.6 Å². The zero-order chi connectivity index (χ0) is 21.4. The van der Waals surface area contributed by atoms with Gasteiger partial charge < -0.3 is 5.11 Å². The number of aryl methyl sites for hydroxylation is 1. The van der Waals surface area contributed by atoms with Gasteiger partial charge in [-0.15, -0.1) is 0 Å². The number of benzene rings is 2. The molecule has 1 aliphatic rings. The predicted molar refractivity (Wildman–Crippen MR) is 112 cm³/mol. The molecule has 30 heavy (non-hydrogen) atoms. The number of carbonyl (C=O) groups excluding carboxylic acids is 1. The fourth-order valence-electron chi connectivity index (χ4n) is 3.71. The average Bonchev–Trinajstić information content (AvgIpc) is 3.15. The van der Waals surface area contributed by atoms with Crippen molar-refractivity contribution in [2.24, 2.45) is 5.10 Å². The third-order valence-electron chi connectivity index (χ3n) is 5.15. The molecule has 1 unspecified atom stereocenters. The molecule has 8 nitrogen and oxygen atoms in total. The second kappa shape index (κ2) is 7.47. The highest BCUT2D eigenvalue weighted by atomic mass is 16.3. The van der Waals surface area contributed by atoms with Crippen LogP contribution in [0.4, 0.5) is 0 Å². The number of nitrogens with one attached hydrogen (secondary N) is 1. The van der Waals surface area contributed by atoms with E-state index in [0.717, 1.165) is 15.7 Å². The molecule has 152 valence electrons. The normalized spacial score (nSPS) is 15.9. The average molecular weight is 404 g/mol. The van der Waals surface area contributed by atoms with E-state index in [0.29, 0.717) is 5.69 Å². The number of hydrogen-bond donors (Lipinski definition) is 2. The molecule has 2 heterocycles. The van der Waals surface area contributed by atoms with Crippen LogP contribution in [-0.4, -0.2) is 31.3 Å². The SMILES string of the molecule is CC(=O)N1N=C(c2c(O)n(-c3ccccc3C)c(=O)[nH]c2=O)CC1c1ccccc1. The topological polar surface area (TPSA) is 108 Å². The Hall–Kier alpha value is -3.94. The van der Waals surface area contributed by atoms with Crippen LogP contribution in [-0.2, 0) is 4.79 Å². The van der Waals surface area contributed by atoms with Crippen LogP contribution in [0.25, 0.3) is 5.69 Å². The van der Waals surface area contributed by atoms with Crippen LogP contribution in [0.15, 0.2) is 69.3 Å². The molecule has 1 aliphatic heterocycles. The number of aromatic amines is 1. The summed E-state index contributed by atoms with van der Waals surface area (Å²) in [6, 6.07) is 15.9. The van der Waals surface area contributed by atoms with E-state index in [-0.39, 0.29) is 23.6 Å². The van der Waals surface area contributed by atoms with Gasteiger partial charge in [0, 0.05) is 13.3 Å². The van der Waals surface area contributed by atoms with Gasteiger partial charge in [-0.05, 0) is 24.1 Å². The number of rotatable bonds is 3. The Balaban J connectivity index is 1.87. The van der Waals surface area contributed by atoms with Gasteiger partial charge in [-0.3, -0.25) is 14.6 Å². The van der Waals surface area contributed by atoms with Crippen molar-refractivity contribution < 1.29 is 9.90 Å². The zero-order valence-electron chi connectivity index (χ0n) is 16.5. The molecule has 0 spiro atoms. The van der Waals surface area contributed by atoms with Gasteiger partial charge >= 0.3 is 5.69 Å². The first-order chi connectivity index (χ1) is 14.4. The number of para-hydroxylation sites is 1. The van der Waals surface area contributed by atoms with Crippen LogP contribution in [0.3, 0.4) is 0 Å². The third-order valence-corrected chi connectivity index (χ3v) is 5.15. The highest BCUT2D eigenvalue weighted by Gasteiger charge is 2.34. The molecule has 2 N–H and O–H groups in total. The number of nitrogens with zero attached hydrogens (tertiary/aromatic N) is 3. The Kier molecular flexibility index (Phi) is 4.83. The summed E-state index contributed by atoms with van der Waals surface area (Å²) in [5, 5.41) is 16.6. The molecule has 3 aromatic rings. The van der Waals surface area contributed by atoms with Crippen molar-refractivity contribution in [2.75, 3.05) is 0 Å². The van der Waals surface area contributed by atoms with E-state index in [9.17, 15) is 19.5 Å². The van der Waals surface area contributed by atoms with Gasteiger partial charge in [0.05, 0.1) is 17.4 Å². The lowest BCUT2D eigenvalue weighted by Gasteiger charge is -2.20. The molecule has 1 amide bonds. The quantitative estimate of drug-likeness (QED) is 0.698. The number of hydrogen-bond acceptors (Lipinski definition) is 5. The lowest BCUT2D eigenvalue weighted by atomic mass is 9.99. The number of aromatic nitrogens is 2. The number of amides is 1. The second-order valence-electron chi connectivity index (χ2n) is 7.12. The fourth-order valence-corrected chi connectivity index (χ4v) is 3.71. The van der Waals surface area contributed by atoms with Crippen LogP contribution >= 0.6 is 0 Å². The molecule has 1 atom stereocenters. The maximum Gasteiger partial charge on any atom is 0.335 e. The maximum absolute atomic E-state index is 12.6. The van der Waals surface area contributed by atoms with Crippen molar-refractivity contribution in [1.29, 1.82) is 0 Å². The van der Waals surface area contributed by atoms with Crippen LogP contribution in [0.5, 0.6) is 5.88 Å². The number of hydrazone groups is 1. The van der Waals surface area contributed by atoms with E-state index in [1.165, 1.54) is 11.9 Å². The van der Waals surface area contributed by atoms with Crippen LogP contribution < -0.4 is 11.2 Å². The summed E-state index contributed by atoms with van der Waals surface area (Å²) in [6.45, 7) is 3.18. The van der Waals surface area contributed by atoms with Crippen molar-refractivity contribution in [3.05, 3.63) is 92.1 Å². The Morgan fingerprint density at radius 1 is 1.10 bits per heavy atom. The lowest BCUT2D eigenvalue weighted by molar-refractivity contribution is -0.130. The van der Waals surface area contributed by atoms with Gasteiger partial charge in [0.25, 0.3) is 5.56 Å². The largest absolute Gasteiger partial charge is 0.493 e. The molecular formula is C22H20N4O4. The van der Waals surface area contributed by atoms with E-state index in [2.05, 4.69) is 10.1 Å². The smallest absolute Gasteiger partial charge is 0.335 e. The van der Waals surface area contributed by atoms with E-state index in [1.807, 2.05) is 36.4 Å². The summed E-state index contributed by atoms with van der Waals surface area (Å²) in [6.07, 6.45) is 0.228. The van der Waals surface area contributed by atoms with Gasteiger partial charge in [-0.25, -0.2) is 14.4 Å². The molecule has 1 aromatic heterocycles. The molecule has 0 saturated carbocycles. The molecule has 0 fully saturated rings. The molecular weight excluding hydrogens is 384 g/mol. The summed E-state index contributed by atoms with van der Waals surface area (Å²) in [4.78, 5) is 39.5. The van der Waals surface area contributed by atoms with E-state index in [4.69, 9.17) is 0 Å². The number of carbonyl (C=O) groups is 1. The van der Waals surface area contributed by atoms with Gasteiger partial charge in [0.15, 0.2) is 0 Å². The van der Waals surface area contributed by atoms with E-state index >= 15 is 0 Å². The number of aromatic hydroxyl groups is 1. The van der Waals surface area contributed by atoms with E-state index in [1.54, 1.807) is 25.1 Å². The molecule has 0 bridgehead atoms. The van der Waals surface area contributed by atoms with Gasteiger partial charge in [-0.2, -0.15) is 5.10 Å². The van der Waals surface area contributed by atoms with Gasteiger partial charge in [-0.1, -0.05) is 48.5 Å². The zero-order valence-corrected chi connectivity index (χ0v) is 16.5. The van der Waals surface area contributed by atoms with Crippen LogP contribution in [0, 0.1) is 6.92 Å². The summed E-state index contributed by atoms with van der Waals surface area (Å²) >= 11 is 0. The van der Waals surface area contributed by atoms with Crippen molar-refractivity contribution in [3.8, 4) is 11.6 Å². The molecule has 2 aromatic carbocycles. The summed E-state index contributed by atoms with van der Waals surface area (Å²) in [5.41, 5.74) is 0.653. The monoisotopic (exact) mass is 404 g/mol. The minimum Gasteiger partial charge on any atom is -0.493 e. The van der Waals surface area contributed by atoms with Crippen LogP contribution in [0.2, 0.25) is 0 Å². The fraction of sp³-hybridized carbons (Fsp3) is 0.182. The van der Waals surface area contributed by atoms with Crippen molar-refractivity contribution in [3.63, 3.8) is 0 Å². The summed E-state index contributed by atoms with van der Waals surface area (Å²) in [7, 11) is 0.